The molecule has 1 saturated heterocycles. The summed E-state index contributed by atoms with van der Waals surface area (Å²) in [7, 11) is 0. The molecule has 1 aliphatic rings. The molecule has 0 saturated carbocycles. The highest BCUT2D eigenvalue weighted by atomic mass is 16.5. The maximum Gasteiger partial charge on any atom is 0.150 e. The van der Waals surface area contributed by atoms with Crippen molar-refractivity contribution < 1.29 is 4.52 Å². The fourth-order valence-corrected chi connectivity index (χ4v) is 3.83. The summed E-state index contributed by atoms with van der Waals surface area (Å²) in [6.45, 7) is 2.89. The third kappa shape index (κ3) is 4.45. The molecule has 2 aromatic carbocycles. The minimum atomic E-state index is 0.540. The third-order valence-corrected chi connectivity index (χ3v) is 5.29. The van der Waals surface area contributed by atoms with Crippen LogP contribution < -0.4 is 0 Å². The summed E-state index contributed by atoms with van der Waals surface area (Å²) >= 11 is 0. The van der Waals surface area contributed by atoms with Gasteiger partial charge in [-0.25, -0.2) is 0 Å². The van der Waals surface area contributed by atoms with Gasteiger partial charge in [-0.1, -0.05) is 47.6 Å². The number of aromatic nitrogens is 1. The molecule has 4 rings (SSSR count). The molecular formula is C23H23N3O. The molecule has 4 nitrogen and oxygen atoms in total. The Balaban J connectivity index is 1.31. The molecular weight excluding hydrogens is 334 g/mol. The highest BCUT2D eigenvalue weighted by Crippen LogP contribution is 2.29. The van der Waals surface area contributed by atoms with Crippen molar-refractivity contribution in [1.82, 2.24) is 10.1 Å². The molecule has 27 heavy (non-hydrogen) atoms. The van der Waals surface area contributed by atoms with Gasteiger partial charge in [0.05, 0.1) is 23.9 Å². The van der Waals surface area contributed by atoms with Gasteiger partial charge < -0.3 is 4.52 Å². The molecule has 1 fully saturated rings. The molecule has 0 N–H and O–H groups in total. The van der Waals surface area contributed by atoms with Crippen molar-refractivity contribution in [3.8, 4) is 6.07 Å². The molecule has 0 unspecified atom stereocenters. The zero-order chi connectivity index (χ0) is 18.5. The van der Waals surface area contributed by atoms with Crippen LogP contribution in [0, 0.1) is 11.3 Å². The molecule has 2 heterocycles. The molecule has 1 aliphatic heterocycles. The smallest absolute Gasteiger partial charge is 0.150 e. The van der Waals surface area contributed by atoms with Gasteiger partial charge in [0, 0.05) is 12.5 Å². The standard InChI is InChI=1S/C23H23N3O/c24-16-19-7-4-8-21(13-19)20-9-11-26(12-10-20)17-23-15-22(25-27-23)14-18-5-2-1-3-6-18/h1-8,13,15,20H,9-12,14,17H2. The molecule has 1 aromatic heterocycles. The van der Waals surface area contributed by atoms with E-state index >= 15 is 0 Å². The van der Waals surface area contributed by atoms with Crippen molar-refractivity contribution in [2.24, 2.45) is 0 Å². The van der Waals surface area contributed by atoms with Gasteiger partial charge in [0.15, 0.2) is 5.76 Å². The van der Waals surface area contributed by atoms with Crippen LogP contribution in [0.4, 0.5) is 0 Å². The monoisotopic (exact) mass is 357 g/mol. The SMILES string of the molecule is N#Cc1cccc(C2CCN(Cc3cc(Cc4ccccc4)no3)CC2)c1. The lowest BCUT2D eigenvalue weighted by Crippen LogP contribution is -2.32. The summed E-state index contributed by atoms with van der Waals surface area (Å²) in [5.41, 5.74) is 4.28. The van der Waals surface area contributed by atoms with Gasteiger partial charge in [0.1, 0.15) is 0 Å². The second-order valence-electron chi connectivity index (χ2n) is 7.23. The molecule has 136 valence electrons. The quantitative estimate of drug-likeness (QED) is 0.674. The van der Waals surface area contributed by atoms with Crippen LogP contribution in [-0.4, -0.2) is 23.1 Å². The van der Waals surface area contributed by atoms with Crippen molar-refractivity contribution >= 4 is 0 Å². The van der Waals surface area contributed by atoms with Gasteiger partial charge in [-0.3, -0.25) is 4.90 Å². The fourth-order valence-electron chi connectivity index (χ4n) is 3.83. The number of nitriles is 1. The number of nitrogens with zero attached hydrogens (tertiary/aromatic N) is 3. The lowest BCUT2D eigenvalue weighted by Gasteiger charge is -2.31. The first-order valence-corrected chi connectivity index (χ1v) is 9.51. The molecule has 3 aromatic rings. The number of benzene rings is 2. The number of hydrogen-bond acceptors (Lipinski definition) is 4. The lowest BCUT2D eigenvalue weighted by atomic mass is 9.88. The maximum absolute atomic E-state index is 9.09. The maximum atomic E-state index is 9.09. The molecule has 0 atom stereocenters. The minimum Gasteiger partial charge on any atom is -0.360 e. The Morgan fingerprint density at radius 2 is 1.85 bits per heavy atom. The van der Waals surface area contributed by atoms with Crippen LogP contribution >= 0.6 is 0 Å². The van der Waals surface area contributed by atoms with E-state index in [2.05, 4.69) is 40.4 Å². The average Bonchev–Trinajstić information content (AvgIpc) is 3.16. The Kier molecular flexibility index (Phi) is 5.32. The van der Waals surface area contributed by atoms with Crippen molar-refractivity contribution in [3.63, 3.8) is 0 Å². The van der Waals surface area contributed by atoms with Crippen LogP contribution in [0.15, 0.2) is 65.2 Å². The van der Waals surface area contributed by atoms with Gasteiger partial charge in [-0.05, 0) is 55.1 Å². The summed E-state index contributed by atoms with van der Waals surface area (Å²) in [5, 5.41) is 13.3. The first-order chi connectivity index (χ1) is 13.3. The predicted octanol–water partition coefficient (Wildman–Crippen LogP) is 4.52. The second-order valence-corrected chi connectivity index (χ2v) is 7.23. The highest BCUT2D eigenvalue weighted by molar-refractivity contribution is 5.34. The zero-order valence-corrected chi connectivity index (χ0v) is 15.3. The van der Waals surface area contributed by atoms with E-state index in [4.69, 9.17) is 9.78 Å². The van der Waals surface area contributed by atoms with Crippen molar-refractivity contribution in [2.75, 3.05) is 13.1 Å². The van der Waals surface area contributed by atoms with E-state index in [1.165, 1.54) is 11.1 Å². The molecule has 0 spiro atoms. The largest absolute Gasteiger partial charge is 0.360 e. The van der Waals surface area contributed by atoms with E-state index in [0.29, 0.717) is 5.92 Å². The first-order valence-electron chi connectivity index (χ1n) is 9.51. The van der Waals surface area contributed by atoms with Gasteiger partial charge >= 0.3 is 0 Å². The van der Waals surface area contributed by atoms with Crippen molar-refractivity contribution in [3.05, 3.63) is 88.8 Å². The fraction of sp³-hybridized carbons (Fsp3) is 0.304. The summed E-state index contributed by atoms with van der Waals surface area (Å²) in [5.74, 6) is 1.48. The first kappa shape index (κ1) is 17.5. The summed E-state index contributed by atoms with van der Waals surface area (Å²) in [6, 6.07) is 22.7. The number of rotatable bonds is 5. The Morgan fingerprint density at radius 3 is 2.63 bits per heavy atom. The molecule has 4 heteroatoms. The predicted molar refractivity (Wildman–Crippen MR) is 104 cm³/mol. The summed E-state index contributed by atoms with van der Waals surface area (Å²) < 4.78 is 5.55. The zero-order valence-electron chi connectivity index (χ0n) is 15.3. The van der Waals surface area contributed by atoms with Crippen LogP contribution in [0.25, 0.3) is 0 Å². The van der Waals surface area contributed by atoms with E-state index in [1.807, 2.05) is 36.4 Å². The molecule has 0 amide bonds. The van der Waals surface area contributed by atoms with E-state index in [0.717, 1.165) is 55.9 Å². The van der Waals surface area contributed by atoms with Crippen LogP contribution in [0.1, 0.15) is 46.9 Å². The Morgan fingerprint density at radius 1 is 1.04 bits per heavy atom. The Labute approximate surface area is 160 Å². The number of likely N-dealkylation sites (tertiary alicyclic amines) is 1. The van der Waals surface area contributed by atoms with Crippen LogP contribution in [0.3, 0.4) is 0 Å². The van der Waals surface area contributed by atoms with Crippen LogP contribution in [0.2, 0.25) is 0 Å². The highest BCUT2D eigenvalue weighted by Gasteiger charge is 2.22. The van der Waals surface area contributed by atoms with E-state index in [1.54, 1.807) is 0 Å². The lowest BCUT2D eigenvalue weighted by molar-refractivity contribution is 0.184. The van der Waals surface area contributed by atoms with Gasteiger partial charge in [0.2, 0.25) is 0 Å². The van der Waals surface area contributed by atoms with Crippen LogP contribution in [0.5, 0.6) is 0 Å². The van der Waals surface area contributed by atoms with E-state index in [-0.39, 0.29) is 0 Å². The normalized spacial score (nSPS) is 15.5. The van der Waals surface area contributed by atoms with Crippen LogP contribution in [-0.2, 0) is 13.0 Å². The Hall–Kier alpha value is -2.90. The third-order valence-electron chi connectivity index (χ3n) is 5.29. The van der Waals surface area contributed by atoms with E-state index in [9.17, 15) is 0 Å². The average molecular weight is 357 g/mol. The molecule has 0 aliphatic carbocycles. The van der Waals surface area contributed by atoms with Gasteiger partial charge in [-0.15, -0.1) is 0 Å². The minimum absolute atomic E-state index is 0.540. The molecule has 0 radical (unpaired) electrons. The number of piperidine rings is 1. The number of hydrogen-bond donors (Lipinski definition) is 0. The second kappa shape index (κ2) is 8.20. The van der Waals surface area contributed by atoms with Gasteiger partial charge in [0.25, 0.3) is 0 Å². The summed E-state index contributed by atoms with van der Waals surface area (Å²) in [4.78, 5) is 2.43. The molecule has 0 bridgehead atoms. The Bertz CT molecular complexity index is 918. The van der Waals surface area contributed by atoms with Gasteiger partial charge in [-0.2, -0.15) is 5.26 Å². The topological polar surface area (TPSA) is 53.1 Å². The summed E-state index contributed by atoms with van der Waals surface area (Å²) in [6.07, 6.45) is 3.03. The van der Waals surface area contributed by atoms with Crippen molar-refractivity contribution in [1.29, 1.82) is 5.26 Å². The van der Waals surface area contributed by atoms with E-state index < -0.39 is 0 Å². The van der Waals surface area contributed by atoms with Crippen molar-refractivity contribution in [2.45, 2.75) is 31.7 Å².